The molecule has 0 radical (unpaired) electrons. The maximum absolute atomic E-state index is 4.19. The maximum Gasteiger partial charge on any atom is 0.169 e. The van der Waals surface area contributed by atoms with Crippen LogP contribution in [0.4, 0.5) is 5.82 Å². The van der Waals surface area contributed by atoms with E-state index < -0.39 is 0 Å². The van der Waals surface area contributed by atoms with E-state index in [1.54, 1.807) is 11.7 Å². The smallest absolute Gasteiger partial charge is 0.169 e. The van der Waals surface area contributed by atoms with Crippen LogP contribution in [0.2, 0.25) is 0 Å². The SMILES string of the molecule is CNc1nsnc1-c1c(Br)nnn1C. The molecule has 0 saturated heterocycles. The first-order valence-corrected chi connectivity index (χ1v) is 5.32. The second-order valence-corrected chi connectivity index (χ2v) is 3.84. The van der Waals surface area contributed by atoms with E-state index in [4.69, 9.17) is 0 Å². The molecule has 0 amide bonds. The van der Waals surface area contributed by atoms with E-state index in [0.29, 0.717) is 4.60 Å². The van der Waals surface area contributed by atoms with Gasteiger partial charge in [-0.15, -0.1) is 5.10 Å². The van der Waals surface area contributed by atoms with Crippen molar-refractivity contribution in [1.29, 1.82) is 0 Å². The van der Waals surface area contributed by atoms with Gasteiger partial charge < -0.3 is 5.32 Å². The number of nitrogens with zero attached hydrogens (tertiary/aromatic N) is 5. The van der Waals surface area contributed by atoms with Gasteiger partial charge in [-0.3, -0.25) is 0 Å². The highest BCUT2D eigenvalue weighted by atomic mass is 79.9. The van der Waals surface area contributed by atoms with Gasteiger partial charge in [-0.05, 0) is 15.9 Å². The zero-order valence-electron chi connectivity index (χ0n) is 7.52. The lowest BCUT2D eigenvalue weighted by Gasteiger charge is -1.99. The molecule has 0 aromatic carbocycles. The Labute approximate surface area is 92.8 Å². The fraction of sp³-hybridized carbons (Fsp3) is 0.333. The molecule has 8 heteroatoms. The molecular formula is C6H7BrN6S. The van der Waals surface area contributed by atoms with Gasteiger partial charge in [0.2, 0.25) is 0 Å². The summed E-state index contributed by atoms with van der Waals surface area (Å²) in [6.07, 6.45) is 0. The number of anilines is 1. The fourth-order valence-electron chi connectivity index (χ4n) is 1.09. The number of halogens is 1. The van der Waals surface area contributed by atoms with Crippen molar-refractivity contribution in [2.24, 2.45) is 7.05 Å². The van der Waals surface area contributed by atoms with Crippen molar-refractivity contribution in [2.75, 3.05) is 12.4 Å². The number of nitrogens with one attached hydrogen (secondary N) is 1. The van der Waals surface area contributed by atoms with Gasteiger partial charge in [0.15, 0.2) is 10.4 Å². The first kappa shape index (κ1) is 9.53. The van der Waals surface area contributed by atoms with Gasteiger partial charge >= 0.3 is 0 Å². The molecule has 1 N–H and O–H groups in total. The Balaban J connectivity index is 2.59. The molecule has 0 bridgehead atoms. The largest absolute Gasteiger partial charge is 0.370 e. The summed E-state index contributed by atoms with van der Waals surface area (Å²) in [4.78, 5) is 0. The Hall–Kier alpha value is -1.02. The zero-order valence-corrected chi connectivity index (χ0v) is 9.92. The Morgan fingerprint density at radius 2 is 2.21 bits per heavy atom. The Morgan fingerprint density at radius 1 is 1.43 bits per heavy atom. The minimum atomic E-state index is 0.671. The molecule has 2 aromatic rings. The van der Waals surface area contributed by atoms with Crippen LogP contribution in [-0.2, 0) is 7.05 Å². The molecular weight excluding hydrogens is 268 g/mol. The lowest BCUT2D eigenvalue weighted by molar-refractivity contribution is 0.719. The average molecular weight is 275 g/mol. The normalized spacial score (nSPS) is 10.5. The molecule has 0 aliphatic carbocycles. The first-order valence-electron chi connectivity index (χ1n) is 3.80. The van der Waals surface area contributed by atoms with Gasteiger partial charge in [0.05, 0.1) is 11.7 Å². The van der Waals surface area contributed by atoms with Crippen molar-refractivity contribution >= 4 is 33.5 Å². The third kappa shape index (κ3) is 1.40. The number of rotatable bonds is 2. The number of hydrogen-bond donors (Lipinski definition) is 1. The molecule has 0 atom stereocenters. The van der Waals surface area contributed by atoms with Gasteiger partial charge in [-0.25, -0.2) is 4.68 Å². The van der Waals surface area contributed by atoms with E-state index in [2.05, 4.69) is 40.3 Å². The maximum atomic E-state index is 4.19. The van der Waals surface area contributed by atoms with Crippen LogP contribution in [0.15, 0.2) is 4.60 Å². The van der Waals surface area contributed by atoms with Crippen LogP contribution in [-0.4, -0.2) is 30.8 Å². The van der Waals surface area contributed by atoms with Crippen molar-refractivity contribution in [3.63, 3.8) is 0 Å². The third-order valence-electron chi connectivity index (χ3n) is 1.74. The fourth-order valence-corrected chi connectivity index (χ4v) is 2.16. The van der Waals surface area contributed by atoms with E-state index in [9.17, 15) is 0 Å². The van der Waals surface area contributed by atoms with Crippen LogP contribution in [0, 0.1) is 0 Å². The standard InChI is InChI=1S/C6H7BrN6S/c1-8-6-3(10-14-11-6)4-5(7)9-12-13(4)2/h1-2H3,(H,8,11). The summed E-state index contributed by atoms with van der Waals surface area (Å²) in [5.41, 5.74) is 1.58. The summed E-state index contributed by atoms with van der Waals surface area (Å²) in [7, 11) is 3.61. The van der Waals surface area contributed by atoms with E-state index in [1.165, 1.54) is 0 Å². The topological polar surface area (TPSA) is 68.5 Å². The van der Waals surface area contributed by atoms with E-state index >= 15 is 0 Å². The molecule has 2 heterocycles. The van der Waals surface area contributed by atoms with E-state index in [1.807, 2.05) is 7.05 Å². The minimum Gasteiger partial charge on any atom is -0.370 e. The lowest BCUT2D eigenvalue weighted by Crippen LogP contribution is -1.97. The van der Waals surface area contributed by atoms with Gasteiger partial charge in [-0.2, -0.15) is 8.75 Å². The Morgan fingerprint density at radius 3 is 2.79 bits per heavy atom. The summed E-state index contributed by atoms with van der Waals surface area (Å²) in [5, 5.41) is 10.7. The quantitative estimate of drug-likeness (QED) is 0.890. The van der Waals surface area contributed by atoms with Gasteiger partial charge in [-0.1, -0.05) is 5.21 Å². The number of hydrogen-bond acceptors (Lipinski definition) is 6. The van der Waals surface area contributed by atoms with Gasteiger partial charge in [0.1, 0.15) is 11.4 Å². The molecule has 0 fully saturated rings. The zero-order chi connectivity index (χ0) is 10.1. The van der Waals surface area contributed by atoms with Crippen molar-refractivity contribution < 1.29 is 0 Å². The van der Waals surface area contributed by atoms with Crippen LogP contribution in [0.5, 0.6) is 0 Å². The van der Waals surface area contributed by atoms with Crippen LogP contribution in [0.1, 0.15) is 0 Å². The third-order valence-corrected chi connectivity index (χ3v) is 2.80. The monoisotopic (exact) mass is 274 g/mol. The lowest BCUT2D eigenvalue weighted by atomic mass is 10.3. The summed E-state index contributed by atoms with van der Waals surface area (Å²) < 4.78 is 10.6. The summed E-state index contributed by atoms with van der Waals surface area (Å²) in [5.74, 6) is 0.737. The van der Waals surface area contributed by atoms with Crippen LogP contribution < -0.4 is 5.32 Å². The van der Waals surface area contributed by atoms with Crippen molar-refractivity contribution in [2.45, 2.75) is 0 Å². The number of aromatic nitrogens is 5. The van der Waals surface area contributed by atoms with Crippen LogP contribution in [0.25, 0.3) is 11.4 Å². The van der Waals surface area contributed by atoms with E-state index in [-0.39, 0.29) is 0 Å². The highest BCUT2D eigenvalue weighted by Gasteiger charge is 2.17. The molecule has 14 heavy (non-hydrogen) atoms. The molecule has 74 valence electrons. The molecule has 0 aliphatic heterocycles. The minimum absolute atomic E-state index is 0.671. The van der Waals surface area contributed by atoms with E-state index in [0.717, 1.165) is 28.9 Å². The van der Waals surface area contributed by atoms with Gasteiger partial charge in [0.25, 0.3) is 0 Å². The number of aryl methyl sites for hydroxylation is 1. The Bertz CT molecular complexity index is 429. The molecule has 6 nitrogen and oxygen atoms in total. The second kappa shape index (κ2) is 3.62. The van der Waals surface area contributed by atoms with Gasteiger partial charge in [0, 0.05) is 14.1 Å². The summed E-state index contributed by atoms with van der Waals surface area (Å²) in [6.45, 7) is 0. The Kier molecular flexibility index (Phi) is 2.46. The van der Waals surface area contributed by atoms with Crippen molar-refractivity contribution in [3.8, 4) is 11.4 Å². The summed E-state index contributed by atoms with van der Waals surface area (Å²) in [6, 6.07) is 0. The first-order chi connectivity index (χ1) is 6.74. The van der Waals surface area contributed by atoms with Crippen molar-refractivity contribution in [3.05, 3.63) is 4.60 Å². The molecule has 0 spiro atoms. The molecule has 0 unspecified atom stereocenters. The average Bonchev–Trinajstić information content (AvgIpc) is 2.73. The molecule has 0 saturated carbocycles. The highest BCUT2D eigenvalue weighted by molar-refractivity contribution is 9.10. The molecule has 2 rings (SSSR count). The predicted octanol–water partition coefficient (Wildman–Crippen LogP) is 1.14. The highest BCUT2D eigenvalue weighted by Crippen LogP contribution is 2.29. The second-order valence-electron chi connectivity index (χ2n) is 2.56. The van der Waals surface area contributed by atoms with Crippen LogP contribution >= 0.6 is 27.7 Å². The predicted molar refractivity (Wildman–Crippen MR) is 57.2 cm³/mol. The molecule has 0 aliphatic rings. The molecule has 2 aromatic heterocycles. The van der Waals surface area contributed by atoms with Crippen molar-refractivity contribution in [1.82, 2.24) is 23.7 Å². The summed E-state index contributed by atoms with van der Waals surface area (Å²) >= 11 is 4.47. The van der Waals surface area contributed by atoms with Crippen LogP contribution in [0.3, 0.4) is 0 Å².